The molecule has 0 atom stereocenters. The number of hydrogen-bond acceptors (Lipinski definition) is 3. The number of aromatic nitrogens is 2. The summed E-state index contributed by atoms with van der Waals surface area (Å²) in [5.41, 5.74) is 4.19. The summed E-state index contributed by atoms with van der Waals surface area (Å²) in [4.78, 5) is 27.4. The molecule has 0 aliphatic carbocycles. The fourth-order valence-electron chi connectivity index (χ4n) is 4.20. The molecule has 1 N–H and O–H groups in total. The molecule has 3 aromatic carbocycles. The number of aryl methyl sites for hydroxylation is 1. The summed E-state index contributed by atoms with van der Waals surface area (Å²) in [5, 5.41) is 9.57. The number of rotatable bonds is 4. The summed E-state index contributed by atoms with van der Waals surface area (Å²) >= 11 is 6.32. The van der Waals surface area contributed by atoms with Crippen LogP contribution >= 0.6 is 11.6 Å². The first-order chi connectivity index (χ1) is 16.5. The van der Waals surface area contributed by atoms with Gasteiger partial charge in [0.1, 0.15) is 0 Å². The Morgan fingerprint density at radius 2 is 1.50 bits per heavy atom. The van der Waals surface area contributed by atoms with Crippen LogP contribution < -0.4 is 10.6 Å². The van der Waals surface area contributed by atoms with Gasteiger partial charge in [-0.15, -0.1) is 0 Å². The summed E-state index contributed by atoms with van der Waals surface area (Å²) < 4.78 is 1.48. The van der Waals surface area contributed by atoms with Gasteiger partial charge < -0.3 is 0 Å². The van der Waals surface area contributed by atoms with E-state index in [0.29, 0.717) is 50.1 Å². The Morgan fingerprint density at radius 3 is 2.15 bits per heavy atom. The predicted octanol–water partition coefficient (Wildman–Crippen LogP) is 5.35. The quantitative estimate of drug-likeness (QED) is 0.410. The van der Waals surface area contributed by atoms with Crippen LogP contribution in [0.4, 0.5) is 5.69 Å². The number of aromatic amines is 1. The molecule has 0 spiro atoms. The zero-order valence-corrected chi connectivity index (χ0v) is 19.4. The zero-order chi connectivity index (χ0) is 23.8. The number of anilines is 1. The molecule has 1 aliphatic rings. The van der Waals surface area contributed by atoms with Crippen LogP contribution in [0.2, 0.25) is 5.02 Å². The van der Waals surface area contributed by atoms with Gasteiger partial charge in [-0.3, -0.25) is 14.7 Å². The van der Waals surface area contributed by atoms with Crippen molar-refractivity contribution in [1.29, 1.82) is 0 Å². The molecule has 0 bridgehead atoms. The van der Waals surface area contributed by atoms with Gasteiger partial charge >= 0.3 is 0 Å². The Kier molecular flexibility index (Phi) is 5.51. The molecule has 34 heavy (non-hydrogen) atoms. The first kappa shape index (κ1) is 21.7. The monoisotopic (exact) mass is 468 g/mol. The van der Waals surface area contributed by atoms with Crippen molar-refractivity contribution >= 4 is 34.5 Å². The van der Waals surface area contributed by atoms with Crippen LogP contribution in [0, 0.1) is 6.92 Å². The lowest BCUT2D eigenvalue weighted by atomic mass is 9.91. The average Bonchev–Trinajstić information content (AvgIpc) is 3.31. The van der Waals surface area contributed by atoms with E-state index in [0.717, 1.165) is 0 Å². The minimum absolute atomic E-state index is 0.259. The first-order valence-electron chi connectivity index (χ1n) is 10.8. The molecule has 7 heteroatoms. The summed E-state index contributed by atoms with van der Waals surface area (Å²) in [6.07, 6.45) is 0. The van der Waals surface area contributed by atoms with Gasteiger partial charge in [0.25, 0.3) is 11.5 Å². The predicted molar refractivity (Wildman–Crippen MR) is 136 cm³/mol. The third-order valence-corrected chi connectivity index (χ3v) is 5.95. The Labute approximate surface area is 201 Å². The van der Waals surface area contributed by atoms with E-state index in [-0.39, 0.29) is 11.5 Å². The zero-order valence-electron chi connectivity index (χ0n) is 18.6. The largest absolute Gasteiger partial charge is 0.295 e. The number of nitrogens with one attached hydrogen (secondary N) is 1. The number of hydrogen-bond donors (Lipinski definition) is 1. The van der Waals surface area contributed by atoms with Crippen LogP contribution in [0.5, 0.6) is 0 Å². The maximum atomic E-state index is 13.7. The van der Waals surface area contributed by atoms with Crippen molar-refractivity contribution in [3.05, 3.63) is 123 Å². The maximum Gasteiger partial charge on any atom is 0.281 e. The van der Waals surface area contributed by atoms with Crippen LogP contribution in [-0.4, -0.2) is 21.4 Å². The van der Waals surface area contributed by atoms with Gasteiger partial charge in [-0.05, 0) is 55.8 Å². The van der Waals surface area contributed by atoms with E-state index in [1.54, 1.807) is 25.1 Å². The summed E-state index contributed by atoms with van der Waals surface area (Å²) in [6, 6.07) is 25.7. The van der Waals surface area contributed by atoms with E-state index in [4.69, 9.17) is 11.6 Å². The highest BCUT2D eigenvalue weighted by molar-refractivity contribution is 6.35. The lowest BCUT2D eigenvalue weighted by Crippen LogP contribution is -2.24. The van der Waals surface area contributed by atoms with Crippen LogP contribution in [0.1, 0.15) is 23.7 Å². The number of hydrazone groups is 1. The maximum absolute atomic E-state index is 13.7. The SMILES string of the molecule is CC1=NN(c2ccccc2)C(=O)/C1=C(/c1cccc(Cl)c1)c1c(C)[nH]n(-c2ccccc2)c1=O. The number of carbonyl (C=O) groups excluding carboxylic acids is 1. The fraction of sp³-hybridized carbons (Fsp3) is 0.0741. The smallest absolute Gasteiger partial charge is 0.281 e. The molecule has 4 aromatic rings. The molecule has 1 amide bonds. The highest BCUT2D eigenvalue weighted by Crippen LogP contribution is 2.34. The topological polar surface area (TPSA) is 70.5 Å². The molecule has 5 rings (SSSR count). The third-order valence-electron chi connectivity index (χ3n) is 5.72. The van der Waals surface area contributed by atoms with Crippen LogP contribution in [0.15, 0.2) is 100 Å². The molecule has 1 aliphatic heterocycles. The molecule has 0 saturated carbocycles. The van der Waals surface area contributed by atoms with Crippen molar-refractivity contribution in [3.8, 4) is 5.69 Å². The molecule has 0 saturated heterocycles. The van der Waals surface area contributed by atoms with E-state index in [2.05, 4.69) is 10.2 Å². The van der Waals surface area contributed by atoms with Crippen molar-refractivity contribution in [2.75, 3.05) is 5.01 Å². The summed E-state index contributed by atoms with van der Waals surface area (Å²) in [7, 11) is 0. The van der Waals surface area contributed by atoms with Crippen molar-refractivity contribution < 1.29 is 4.79 Å². The molecule has 0 radical (unpaired) electrons. The van der Waals surface area contributed by atoms with E-state index in [9.17, 15) is 9.59 Å². The van der Waals surface area contributed by atoms with Crippen molar-refractivity contribution in [2.24, 2.45) is 5.10 Å². The molecule has 168 valence electrons. The van der Waals surface area contributed by atoms with Crippen molar-refractivity contribution in [3.63, 3.8) is 0 Å². The first-order valence-corrected chi connectivity index (χ1v) is 11.2. The Balaban J connectivity index is 1.78. The van der Waals surface area contributed by atoms with E-state index >= 15 is 0 Å². The number of benzene rings is 3. The van der Waals surface area contributed by atoms with Crippen molar-refractivity contribution in [2.45, 2.75) is 13.8 Å². The van der Waals surface area contributed by atoms with Crippen molar-refractivity contribution in [1.82, 2.24) is 9.78 Å². The standard InChI is InChI=1S/C27H21ClN4O2/c1-17-23(26(33)31(29-17)21-12-5-3-6-13-21)25(19-10-9-11-20(28)16-19)24-18(2)30-32(27(24)34)22-14-7-4-8-15-22/h3-16,29H,1-2H3/b25-24-. The van der Waals surface area contributed by atoms with Crippen LogP contribution in [0.25, 0.3) is 11.3 Å². The highest BCUT2D eigenvalue weighted by atomic mass is 35.5. The Bertz CT molecular complexity index is 1520. The molecule has 0 fully saturated rings. The normalized spacial score (nSPS) is 15.0. The number of H-pyrrole nitrogens is 1. The molecular formula is C27H21ClN4O2. The van der Waals surface area contributed by atoms with Gasteiger partial charge in [-0.1, -0.05) is 60.1 Å². The Hall–Kier alpha value is -4.16. The highest BCUT2D eigenvalue weighted by Gasteiger charge is 2.34. The summed E-state index contributed by atoms with van der Waals surface area (Å²) in [5.74, 6) is -0.301. The molecule has 6 nitrogen and oxygen atoms in total. The Morgan fingerprint density at radius 1 is 0.853 bits per heavy atom. The molecule has 1 aromatic heterocycles. The fourth-order valence-corrected chi connectivity index (χ4v) is 4.39. The number of halogens is 1. The van der Waals surface area contributed by atoms with Crippen LogP contribution in [-0.2, 0) is 4.79 Å². The lowest BCUT2D eigenvalue weighted by molar-refractivity contribution is -0.114. The van der Waals surface area contributed by atoms with E-state index in [1.807, 2.05) is 73.7 Å². The molecule has 0 unspecified atom stereocenters. The van der Waals surface area contributed by atoms with E-state index in [1.165, 1.54) is 9.69 Å². The minimum atomic E-state index is -0.301. The van der Waals surface area contributed by atoms with Gasteiger partial charge in [0, 0.05) is 16.3 Å². The number of nitrogens with zero attached hydrogens (tertiary/aromatic N) is 3. The van der Waals surface area contributed by atoms with Gasteiger partial charge in [0.2, 0.25) is 0 Å². The third kappa shape index (κ3) is 3.68. The average molecular weight is 469 g/mol. The molecule has 2 heterocycles. The molecular weight excluding hydrogens is 448 g/mol. The second kappa shape index (κ2) is 8.65. The minimum Gasteiger partial charge on any atom is -0.295 e. The number of amides is 1. The van der Waals surface area contributed by atoms with Gasteiger partial charge in [-0.2, -0.15) is 10.1 Å². The van der Waals surface area contributed by atoms with Gasteiger partial charge in [0.15, 0.2) is 0 Å². The second-order valence-electron chi connectivity index (χ2n) is 7.99. The van der Waals surface area contributed by atoms with E-state index < -0.39 is 0 Å². The number of para-hydroxylation sites is 2. The second-order valence-corrected chi connectivity index (χ2v) is 8.42. The summed E-state index contributed by atoms with van der Waals surface area (Å²) in [6.45, 7) is 3.60. The lowest BCUT2D eigenvalue weighted by Gasteiger charge is -2.14. The van der Waals surface area contributed by atoms with Gasteiger partial charge in [-0.25, -0.2) is 4.68 Å². The number of carbonyl (C=O) groups is 1. The van der Waals surface area contributed by atoms with Gasteiger partial charge in [0.05, 0.1) is 28.2 Å². The van der Waals surface area contributed by atoms with Crippen LogP contribution in [0.3, 0.4) is 0 Å².